The Hall–Kier alpha value is -2.94. The minimum absolute atomic E-state index is 0.0386. The van der Waals surface area contributed by atoms with E-state index in [4.69, 9.17) is 21.4 Å². The van der Waals surface area contributed by atoms with Gasteiger partial charge >= 0.3 is 6.03 Å². The van der Waals surface area contributed by atoms with Crippen LogP contribution in [-0.2, 0) is 13.0 Å². The SMILES string of the molecule is COc1ccccc1C[N+]1(c2ccn(-c3cc(C)nc(Cl)c3CC(C)O)n2)CCNC1=O. The molecule has 8 nitrogen and oxygen atoms in total. The number of aromatic nitrogens is 3. The molecule has 9 heteroatoms. The summed E-state index contributed by atoms with van der Waals surface area (Å²) in [5.41, 5.74) is 3.13. The smallest absolute Gasteiger partial charge is 0.423 e. The molecule has 3 heterocycles. The highest BCUT2D eigenvalue weighted by Crippen LogP contribution is 2.32. The number of pyridine rings is 1. The lowest BCUT2D eigenvalue weighted by Crippen LogP contribution is -2.51. The van der Waals surface area contributed by atoms with Gasteiger partial charge < -0.3 is 9.84 Å². The van der Waals surface area contributed by atoms with Crippen molar-refractivity contribution in [2.24, 2.45) is 0 Å². The zero-order valence-electron chi connectivity index (χ0n) is 18.4. The van der Waals surface area contributed by atoms with E-state index in [2.05, 4.69) is 10.3 Å². The number of quaternary nitrogens is 1. The summed E-state index contributed by atoms with van der Waals surface area (Å²) in [5.74, 6) is 1.36. The number of carbonyl (C=O) groups is 1. The molecule has 1 saturated heterocycles. The van der Waals surface area contributed by atoms with Crippen molar-refractivity contribution in [3.05, 3.63) is 64.6 Å². The summed E-state index contributed by atoms with van der Waals surface area (Å²) >= 11 is 6.41. The van der Waals surface area contributed by atoms with Crippen LogP contribution in [0.25, 0.3) is 5.69 Å². The fraction of sp³-hybridized carbons (Fsp3) is 0.348. The van der Waals surface area contributed by atoms with Crippen molar-refractivity contribution in [1.82, 2.24) is 24.6 Å². The Morgan fingerprint density at radius 1 is 1.34 bits per heavy atom. The summed E-state index contributed by atoms with van der Waals surface area (Å²) in [6.45, 7) is 5.12. The number of hydrogen-bond acceptors (Lipinski definition) is 5. The molecule has 2 amide bonds. The third-order valence-electron chi connectivity index (χ3n) is 5.73. The van der Waals surface area contributed by atoms with Gasteiger partial charge in [-0.05, 0) is 32.0 Å². The van der Waals surface area contributed by atoms with Crippen LogP contribution in [0.15, 0.2) is 42.6 Å². The fourth-order valence-corrected chi connectivity index (χ4v) is 4.50. The van der Waals surface area contributed by atoms with Gasteiger partial charge in [0.1, 0.15) is 24.0 Å². The van der Waals surface area contributed by atoms with E-state index in [0.29, 0.717) is 42.6 Å². The average Bonchev–Trinajstić information content (AvgIpc) is 3.38. The summed E-state index contributed by atoms with van der Waals surface area (Å²) in [7, 11) is 1.63. The summed E-state index contributed by atoms with van der Waals surface area (Å²) in [5, 5.41) is 18.1. The highest BCUT2D eigenvalue weighted by Gasteiger charge is 2.46. The molecule has 2 unspecified atom stereocenters. The summed E-state index contributed by atoms with van der Waals surface area (Å²) < 4.78 is 7.26. The van der Waals surface area contributed by atoms with E-state index in [-0.39, 0.29) is 10.5 Å². The van der Waals surface area contributed by atoms with Crippen LogP contribution < -0.4 is 14.5 Å². The Labute approximate surface area is 192 Å². The van der Waals surface area contributed by atoms with Crippen molar-refractivity contribution in [3.8, 4) is 11.4 Å². The zero-order valence-corrected chi connectivity index (χ0v) is 19.1. The Morgan fingerprint density at radius 2 is 2.12 bits per heavy atom. The maximum absolute atomic E-state index is 13.1. The van der Waals surface area contributed by atoms with Crippen LogP contribution in [0.2, 0.25) is 5.15 Å². The molecule has 2 atom stereocenters. The van der Waals surface area contributed by atoms with Crippen molar-refractivity contribution < 1.29 is 14.6 Å². The fourth-order valence-electron chi connectivity index (χ4n) is 4.19. The predicted molar refractivity (Wildman–Crippen MR) is 123 cm³/mol. The van der Waals surface area contributed by atoms with Crippen molar-refractivity contribution in [3.63, 3.8) is 0 Å². The van der Waals surface area contributed by atoms with Gasteiger partial charge in [-0.1, -0.05) is 23.7 Å². The first-order valence-electron chi connectivity index (χ1n) is 10.5. The van der Waals surface area contributed by atoms with Crippen LogP contribution >= 0.6 is 11.6 Å². The summed E-state index contributed by atoms with van der Waals surface area (Å²) in [6, 6.07) is 11.3. The van der Waals surface area contributed by atoms with Gasteiger partial charge in [-0.3, -0.25) is 5.32 Å². The second kappa shape index (κ2) is 8.90. The van der Waals surface area contributed by atoms with E-state index < -0.39 is 6.10 Å². The number of methoxy groups -OCH3 is 1. The normalized spacial score (nSPS) is 19.1. The molecule has 1 aliphatic rings. The number of hydrogen-bond donors (Lipinski definition) is 2. The van der Waals surface area contributed by atoms with E-state index in [1.54, 1.807) is 18.7 Å². The lowest BCUT2D eigenvalue weighted by molar-refractivity contribution is 0.195. The molecule has 4 rings (SSSR count). The second-order valence-corrected chi connectivity index (χ2v) is 8.48. The molecule has 1 fully saturated rings. The van der Waals surface area contributed by atoms with E-state index >= 15 is 0 Å². The number of rotatable bonds is 7. The average molecular weight is 457 g/mol. The van der Waals surface area contributed by atoms with Gasteiger partial charge in [0, 0.05) is 35.5 Å². The molecular formula is C23H27ClN5O3+. The van der Waals surface area contributed by atoms with Gasteiger partial charge in [-0.2, -0.15) is 4.48 Å². The number of amides is 2. The Balaban J connectivity index is 1.78. The van der Waals surface area contributed by atoms with E-state index in [9.17, 15) is 9.90 Å². The zero-order chi connectivity index (χ0) is 22.9. The first-order valence-corrected chi connectivity index (χ1v) is 10.9. The van der Waals surface area contributed by atoms with Crippen molar-refractivity contribution >= 4 is 23.4 Å². The van der Waals surface area contributed by atoms with Crippen molar-refractivity contribution in [2.75, 3.05) is 20.2 Å². The topological polar surface area (TPSA) is 89.3 Å². The molecule has 0 saturated carbocycles. The third kappa shape index (κ3) is 4.09. The van der Waals surface area contributed by atoms with Crippen LogP contribution in [0.5, 0.6) is 5.75 Å². The third-order valence-corrected chi connectivity index (χ3v) is 6.04. The molecule has 1 aliphatic heterocycles. The maximum Gasteiger partial charge on any atom is 0.423 e. The first kappa shape index (κ1) is 22.3. The lowest BCUT2D eigenvalue weighted by Gasteiger charge is -2.27. The number of carbonyl (C=O) groups excluding carboxylic acids is 1. The Morgan fingerprint density at radius 3 is 2.81 bits per heavy atom. The molecule has 1 aromatic carbocycles. The minimum Gasteiger partial charge on any atom is -0.496 e. The number of ether oxygens (including phenoxy) is 1. The molecule has 2 aromatic heterocycles. The van der Waals surface area contributed by atoms with Crippen LogP contribution in [0.3, 0.4) is 0 Å². The number of urea groups is 1. The number of nitrogens with one attached hydrogen (secondary N) is 1. The van der Waals surface area contributed by atoms with Gasteiger partial charge in [-0.15, -0.1) is 5.10 Å². The summed E-state index contributed by atoms with van der Waals surface area (Å²) in [4.78, 5) is 17.4. The van der Waals surface area contributed by atoms with Crippen molar-refractivity contribution in [1.29, 1.82) is 0 Å². The first-order chi connectivity index (χ1) is 15.3. The number of para-hydroxylation sites is 1. The van der Waals surface area contributed by atoms with Gasteiger partial charge in [-0.25, -0.2) is 14.5 Å². The largest absolute Gasteiger partial charge is 0.496 e. The number of benzene rings is 1. The molecule has 3 aromatic rings. The maximum atomic E-state index is 13.1. The van der Waals surface area contributed by atoms with E-state index in [0.717, 1.165) is 22.7 Å². The quantitative estimate of drug-likeness (QED) is 0.420. The van der Waals surface area contributed by atoms with Gasteiger partial charge in [0.2, 0.25) is 0 Å². The standard InChI is InChI=1S/C23H26ClN5O3/c1-15-12-19(18(13-16(2)30)22(24)26-15)28-10-8-21(27-28)29(11-9-25-23(29)31)14-17-6-4-5-7-20(17)32-3/h4-8,10,12,16,30H,9,11,13-14H2,1-3H3/p+1. The number of aliphatic hydroxyl groups excluding tert-OH is 1. The molecule has 0 radical (unpaired) electrons. The molecule has 32 heavy (non-hydrogen) atoms. The van der Waals surface area contributed by atoms with E-state index in [1.165, 1.54) is 0 Å². The summed E-state index contributed by atoms with van der Waals surface area (Å²) in [6.07, 6.45) is 1.58. The molecule has 0 spiro atoms. The van der Waals surface area contributed by atoms with Crippen LogP contribution in [0, 0.1) is 6.92 Å². The number of nitrogens with zero attached hydrogens (tertiary/aromatic N) is 4. The number of aryl methyl sites for hydroxylation is 1. The molecule has 0 aliphatic carbocycles. The van der Waals surface area contributed by atoms with Crippen LogP contribution in [-0.4, -0.2) is 52.2 Å². The van der Waals surface area contributed by atoms with E-state index in [1.807, 2.05) is 49.5 Å². The van der Waals surface area contributed by atoms with Crippen molar-refractivity contribution in [2.45, 2.75) is 32.9 Å². The molecule has 2 N–H and O–H groups in total. The Bertz CT molecular complexity index is 1150. The highest BCUT2D eigenvalue weighted by molar-refractivity contribution is 6.30. The van der Waals surface area contributed by atoms with Gasteiger partial charge in [0.15, 0.2) is 0 Å². The number of halogens is 1. The van der Waals surface area contributed by atoms with Crippen LogP contribution in [0.4, 0.5) is 10.6 Å². The predicted octanol–water partition coefficient (Wildman–Crippen LogP) is 3.39. The highest BCUT2D eigenvalue weighted by atomic mass is 35.5. The molecule has 168 valence electrons. The lowest BCUT2D eigenvalue weighted by atomic mass is 10.1. The molecule has 0 bridgehead atoms. The minimum atomic E-state index is -0.584. The Kier molecular flexibility index (Phi) is 6.19. The molecular weight excluding hydrogens is 430 g/mol. The van der Waals surface area contributed by atoms with Gasteiger partial charge in [0.25, 0.3) is 5.82 Å². The second-order valence-electron chi connectivity index (χ2n) is 8.12. The van der Waals surface area contributed by atoms with Crippen LogP contribution in [0.1, 0.15) is 23.7 Å². The number of aliphatic hydroxyl groups is 1. The van der Waals surface area contributed by atoms with Gasteiger partial charge in [0.05, 0.1) is 25.4 Å². The monoisotopic (exact) mass is 456 g/mol.